The molecule has 1 fully saturated rings. The van der Waals surface area contributed by atoms with Crippen molar-refractivity contribution in [2.75, 3.05) is 71.0 Å². The molecule has 0 aliphatic carbocycles. The van der Waals surface area contributed by atoms with Crippen molar-refractivity contribution in [3.63, 3.8) is 0 Å². The fraction of sp³-hybridized carbons (Fsp3) is 0.714. The Bertz CT molecular complexity index is 746. The predicted molar refractivity (Wildman–Crippen MR) is 151 cm³/mol. The van der Waals surface area contributed by atoms with E-state index in [1.165, 1.54) is 42.5 Å². The van der Waals surface area contributed by atoms with Crippen LogP contribution in [0.4, 0.5) is 5.82 Å². The predicted octanol–water partition coefficient (Wildman–Crippen LogP) is 3.61. The van der Waals surface area contributed by atoms with E-state index in [-0.39, 0.29) is 6.61 Å². The zero-order valence-electron chi connectivity index (χ0n) is 23.6. The minimum absolute atomic E-state index is 0.0329. The maximum Gasteiger partial charge on any atom is 0.135 e. The fourth-order valence-electron chi connectivity index (χ4n) is 4.10. The van der Waals surface area contributed by atoms with Crippen molar-refractivity contribution in [3.8, 4) is 0 Å². The summed E-state index contributed by atoms with van der Waals surface area (Å²) in [4.78, 5) is 16.6. The Morgan fingerprint density at radius 2 is 1.78 bits per heavy atom. The first-order valence-corrected chi connectivity index (χ1v) is 13.7. The third-order valence-corrected chi connectivity index (χ3v) is 6.37. The number of piperazine rings is 1. The van der Waals surface area contributed by atoms with Crippen LogP contribution in [-0.4, -0.2) is 90.9 Å². The quantitative estimate of drug-likeness (QED) is 0.389. The minimum Gasteiger partial charge on any atom is -0.494 e. The second-order valence-corrected chi connectivity index (χ2v) is 9.32. The Balaban J connectivity index is 0.000000414. The first-order chi connectivity index (χ1) is 17.5. The topological polar surface area (TPSA) is 91.0 Å². The van der Waals surface area contributed by atoms with Crippen molar-refractivity contribution >= 4 is 5.82 Å². The van der Waals surface area contributed by atoms with Crippen LogP contribution < -0.4 is 10.6 Å². The van der Waals surface area contributed by atoms with E-state index in [1.807, 2.05) is 0 Å². The molecule has 1 aromatic heterocycles. The van der Waals surface area contributed by atoms with Gasteiger partial charge < -0.3 is 30.3 Å². The van der Waals surface area contributed by atoms with Crippen LogP contribution in [0.1, 0.15) is 64.6 Å². The van der Waals surface area contributed by atoms with Crippen LogP contribution in [-0.2, 0) is 17.6 Å². The molecule has 0 radical (unpaired) electrons. The molecular weight excluding hydrogens is 452 g/mol. The van der Waals surface area contributed by atoms with Gasteiger partial charge in [-0.15, -0.1) is 0 Å². The van der Waals surface area contributed by atoms with Crippen molar-refractivity contribution in [1.29, 1.82) is 0 Å². The molecule has 0 atom stereocenters. The Morgan fingerprint density at radius 1 is 1.08 bits per heavy atom. The molecule has 0 spiro atoms. The third-order valence-electron chi connectivity index (χ3n) is 6.37. The van der Waals surface area contributed by atoms with Crippen molar-refractivity contribution in [1.82, 2.24) is 19.8 Å². The molecule has 1 aromatic rings. The van der Waals surface area contributed by atoms with E-state index in [1.54, 1.807) is 13.3 Å². The summed E-state index contributed by atoms with van der Waals surface area (Å²) in [6.07, 6.45) is 14.9. The summed E-state index contributed by atoms with van der Waals surface area (Å²) in [6, 6.07) is 0. The molecule has 8 nitrogen and oxygen atoms in total. The summed E-state index contributed by atoms with van der Waals surface area (Å²) in [7, 11) is 2.19. The van der Waals surface area contributed by atoms with Crippen LogP contribution in [0.2, 0.25) is 0 Å². The SMILES string of the molecule is C/C(=C\N)OCCO.C/C=C\CCN1CCc2ncnc(N3CCN(C)CC3)c2CC1.CCCCC. The Kier molecular flexibility index (Phi) is 17.7. The lowest BCUT2D eigenvalue weighted by molar-refractivity contribution is 0.145. The van der Waals surface area contributed by atoms with Gasteiger partial charge in [0.25, 0.3) is 0 Å². The number of nitrogens with two attached hydrogens (primary N) is 1. The van der Waals surface area contributed by atoms with Crippen LogP contribution in [0, 0.1) is 0 Å². The highest BCUT2D eigenvalue weighted by Crippen LogP contribution is 2.24. The van der Waals surface area contributed by atoms with E-state index >= 15 is 0 Å². The number of aliphatic hydroxyl groups is 1. The normalized spacial score (nSPS) is 16.9. The van der Waals surface area contributed by atoms with Crippen LogP contribution in [0.25, 0.3) is 0 Å². The smallest absolute Gasteiger partial charge is 0.135 e. The number of allylic oxidation sites excluding steroid dienone is 2. The first kappa shape index (κ1) is 31.9. The largest absolute Gasteiger partial charge is 0.494 e. The molecule has 1 saturated heterocycles. The number of unbranched alkanes of at least 4 members (excludes halogenated alkanes) is 2. The van der Waals surface area contributed by atoms with Crippen LogP contribution >= 0.6 is 0 Å². The van der Waals surface area contributed by atoms with Crippen LogP contribution in [0.3, 0.4) is 0 Å². The zero-order chi connectivity index (χ0) is 26.6. The molecule has 36 heavy (non-hydrogen) atoms. The average molecular weight is 505 g/mol. The van der Waals surface area contributed by atoms with Gasteiger partial charge in [0.05, 0.1) is 12.3 Å². The number of rotatable bonds is 9. The maximum absolute atomic E-state index is 8.22. The van der Waals surface area contributed by atoms with Gasteiger partial charge in [-0.25, -0.2) is 9.97 Å². The number of anilines is 1. The molecule has 2 aliphatic rings. The summed E-state index contributed by atoms with van der Waals surface area (Å²) < 4.78 is 4.83. The number of aromatic nitrogens is 2. The molecule has 0 saturated carbocycles. The summed E-state index contributed by atoms with van der Waals surface area (Å²) in [5, 5.41) is 8.22. The summed E-state index contributed by atoms with van der Waals surface area (Å²) >= 11 is 0. The lowest BCUT2D eigenvalue weighted by Crippen LogP contribution is -2.45. The number of hydrogen-bond acceptors (Lipinski definition) is 8. The fourth-order valence-corrected chi connectivity index (χ4v) is 4.10. The van der Waals surface area contributed by atoms with E-state index in [4.69, 9.17) is 15.6 Å². The molecule has 3 N–H and O–H groups in total. The molecule has 0 aromatic carbocycles. The lowest BCUT2D eigenvalue weighted by atomic mass is 10.1. The van der Waals surface area contributed by atoms with Gasteiger partial charge in [-0.05, 0) is 33.7 Å². The lowest BCUT2D eigenvalue weighted by Gasteiger charge is -2.34. The second kappa shape index (κ2) is 20.0. The molecular formula is C28H52N6O2. The second-order valence-electron chi connectivity index (χ2n) is 9.32. The third kappa shape index (κ3) is 12.7. The average Bonchev–Trinajstić information content (AvgIpc) is 3.11. The van der Waals surface area contributed by atoms with Gasteiger partial charge in [0.1, 0.15) is 24.5 Å². The molecule has 0 unspecified atom stereocenters. The molecule has 3 rings (SSSR count). The number of likely N-dealkylation sites (N-methyl/N-ethyl adjacent to an activating group) is 1. The molecule has 0 bridgehead atoms. The van der Waals surface area contributed by atoms with Gasteiger partial charge >= 0.3 is 0 Å². The molecule has 206 valence electrons. The van der Waals surface area contributed by atoms with Crippen molar-refractivity contribution in [3.05, 3.63) is 41.7 Å². The monoisotopic (exact) mass is 504 g/mol. The van der Waals surface area contributed by atoms with E-state index in [0.29, 0.717) is 12.4 Å². The maximum atomic E-state index is 8.22. The van der Waals surface area contributed by atoms with E-state index in [0.717, 1.165) is 65.1 Å². The summed E-state index contributed by atoms with van der Waals surface area (Å²) in [5.74, 6) is 1.83. The Hall–Kier alpha value is -2.16. The summed E-state index contributed by atoms with van der Waals surface area (Å²) in [6.45, 7) is 16.4. The van der Waals surface area contributed by atoms with Gasteiger partial charge in [-0.1, -0.05) is 45.3 Å². The van der Waals surface area contributed by atoms with E-state index < -0.39 is 0 Å². The molecule has 0 amide bonds. The highest BCUT2D eigenvalue weighted by molar-refractivity contribution is 5.49. The van der Waals surface area contributed by atoms with Gasteiger partial charge in [-0.2, -0.15) is 0 Å². The number of nitrogens with zero attached hydrogens (tertiary/aromatic N) is 5. The van der Waals surface area contributed by atoms with Crippen LogP contribution in [0.5, 0.6) is 0 Å². The zero-order valence-corrected chi connectivity index (χ0v) is 23.6. The van der Waals surface area contributed by atoms with Crippen molar-refractivity contribution < 1.29 is 9.84 Å². The highest BCUT2D eigenvalue weighted by atomic mass is 16.5. The van der Waals surface area contributed by atoms with E-state index in [2.05, 4.69) is 64.6 Å². The molecule has 3 heterocycles. The van der Waals surface area contributed by atoms with Crippen LogP contribution in [0.15, 0.2) is 30.4 Å². The van der Waals surface area contributed by atoms with Crippen molar-refractivity contribution in [2.24, 2.45) is 5.73 Å². The summed E-state index contributed by atoms with van der Waals surface area (Å²) in [5.41, 5.74) is 7.70. The van der Waals surface area contributed by atoms with Gasteiger partial charge in [-0.3, -0.25) is 0 Å². The molecule has 2 aliphatic heterocycles. The van der Waals surface area contributed by atoms with Gasteiger partial charge in [0.2, 0.25) is 0 Å². The Labute approximate surface area is 220 Å². The van der Waals surface area contributed by atoms with E-state index in [9.17, 15) is 0 Å². The van der Waals surface area contributed by atoms with Gasteiger partial charge in [0, 0.05) is 64.0 Å². The standard InChI is InChI=1S/C18H29N5.C5H11NO2.C5H12/c1-3-4-5-8-22-9-6-16-17(7-10-22)19-15-20-18(16)23-13-11-21(2)12-14-23;1-5(4-6)8-3-2-7;1-3-5-4-2/h3-4,15H,5-14H2,1-2H3;4,7H,2-3,6H2,1H3;3-5H2,1-2H3/b4-3-;5-4+;. The first-order valence-electron chi connectivity index (χ1n) is 13.7. The number of ether oxygens (including phenoxy) is 1. The number of aliphatic hydroxyl groups excluding tert-OH is 1. The van der Waals surface area contributed by atoms with Crippen molar-refractivity contribution in [2.45, 2.75) is 66.2 Å². The minimum atomic E-state index is 0.0329. The Morgan fingerprint density at radius 3 is 2.36 bits per heavy atom. The highest BCUT2D eigenvalue weighted by Gasteiger charge is 2.23. The number of hydrogen-bond donors (Lipinski definition) is 2. The molecule has 8 heteroatoms. The number of fused-ring (bicyclic) bond motifs is 1. The van der Waals surface area contributed by atoms with Gasteiger partial charge in [0.15, 0.2) is 0 Å².